The normalized spacial score (nSPS) is 12.1. The van der Waals surface area contributed by atoms with Crippen LogP contribution in [0.3, 0.4) is 0 Å². The van der Waals surface area contributed by atoms with Gasteiger partial charge in [0.05, 0.1) is 0 Å². The van der Waals surface area contributed by atoms with Gasteiger partial charge in [-0.3, -0.25) is 0 Å². The Labute approximate surface area is 94.3 Å². The van der Waals surface area contributed by atoms with Crippen molar-refractivity contribution in [2.24, 2.45) is 0 Å². The van der Waals surface area contributed by atoms with E-state index >= 15 is 0 Å². The van der Waals surface area contributed by atoms with Crippen molar-refractivity contribution < 1.29 is 4.74 Å². The molecule has 88 valence electrons. The Bertz CT molecular complexity index is 185. The summed E-state index contributed by atoms with van der Waals surface area (Å²) in [6.07, 6.45) is 12.0. The molecule has 15 heavy (non-hydrogen) atoms. The molecule has 0 rings (SSSR count). The smallest absolute Gasteiger partial charge is 0.157 e. The summed E-state index contributed by atoms with van der Waals surface area (Å²) >= 11 is 0. The van der Waals surface area contributed by atoms with Gasteiger partial charge in [-0.25, -0.2) is 4.74 Å². The second-order valence-corrected chi connectivity index (χ2v) is 4.27. The number of rotatable bonds is 9. The van der Waals surface area contributed by atoms with Gasteiger partial charge in [0.15, 0.2) is 12.3 Å². The molecule has 0 aliphatic carbocycles. The van der Waals surface area contributed by atoms with Crippen LogP contribution in [0, 0.1) is 5.21 Å². The fraction of sp³-hybridized carbons (Fsp3) is 0.769. The van der Waals surface area contributed by atoms with Crippen LogP contribution < -0.4 is 0 Å². The first-order valence-electron chi connectivity index (χ1n) is 6.08. The van der Waals surface area contributed by atoms with Crippen LogP contribution in [0.1, 0.15) is 58.8 Å². The van der Waals surface area contributed by atoms with E-state index in [1.165, 1.54) is 25.7 Å². The number of hydrogen-bond donors (Lipinski definition) is 0. The molecule has 0 fully saturated rings. The van der Waals surface area contributed by atoms with E-state index < -0.39 is 0 Å². The topological polar surface area (TPSA) is 26.1 Å². The van der Waals surface area contributed by atoms with E-state index in [0.717, 1.165) is 24.0 Å². The van der Waals surface area contributed by atoms with Crippen molar-refractivity contribution in [3.63, 3.8) is 0 Å². The third kappa shape index (κ3) is 9.51. The molecule has 0 amide bonds. The van der Waals surface area contributed by atoms with Crippen molar-refractivity contribution in [1.29, 1.82) is 0 Å². The van der Waals surface area contributed by atoms with Gasteiger partial charge in [-0.05, 0) is 33.1 Å². The Morgan fingerprint density at radius 1 is 1.07 bits per heavy atom. The lowest BCUT2D eigenvalue weighted by Gasteiger charge is -2.06. The first kappa shape index (κ1) is 14.2. The molecular formula is C13H25NO. The molecule has 0 saturated carbocycles. The summed E-state index contributed by atoms with van der Waals surface area (Å²) in [6, 6.07) is 0.0811. The lowest BCUT2D eigenvalue weighted by molar-refractivity contribution is -0.488. The van der Waals surface area contributed by atoms with Crippen molar-refractivity contribution in [2.75, 3.05) is 0 Å². The Morgan fingerprint density at radius 3 is 2.13 bits per heavy atom. The van der Waals surface area contributed by atoms with E-state index in [1.54, 1.807) is 6.21 Å². The molecule has 0 unspecified atom stereocenters. The van der Waals surface area contributed by atoms with Crippen LogP contribution >= 0.6 is 0 Å². The quantitative estimate of drug-likeness (QED) is 0.142. The van der Waals surface area contributed by atoms with Gasteiger partial charge in [0.2, 0.25) is 0 Å². The molecule has 0 N–H and O–H groups in total. The summed E-state index contributed by atoms with van der Waals surface area (Å²) in [5.41, 5.74) is 0. The summed E-state index contributed by atoms with van der Waals surface area (Å²) < 4.78 is 1.05. The fourth-order valence-electron chi connectivity index (χ4n) is 1.39. The number of hydroxylamine groups is 1. The van der Waals surface area contributed by atoms with Gasteiger partial charge in [-0.1, -0.05) is 25.3 Å². The molecule has 2 heteroatoms. The summed E-state index contributed by atoms with van der Waals surface area (Å²) in [5.74, 6) is 0. The Balaban J connectivity index is 3.24. The number of hydrogen-bond acceptors (Lipinski definition) is 1. The van der Waals surface area contributed by atoms with Crippen LogP contribution in [0.5, 0.6) is 0 Å². The Hall–Kier alpha value is -0.790. The van der Waals surface area contributed by atoms with E-state index in [9.17, 15) is 5.21 Å². The average Bonchev–Trinajstić information content (AvgIpc) is 2.21. The van der Waals surface area contributed by atoms with Crippen molar-refractivity contribution in [2.45, 2.75) is 64.8 Å². The van der Waals surface area contributed by atoms with E-state index in [0.29, 0.717) is 0 Å². The van der Waals surface area contributed by atoms with Crippen molar-refractivity contribution in [1.82, 2.24) is 0 Å². The maximum atomic E-state index is 11.2. The minimum atomic E-state index is 0.0811. The molecule has 0 aromatic rings. The standard InChI is InChI=1S/C13H25NO/c1-4-5-6-7-8-9-10-11-12-14(15)13(2)3/h4,12-13H,1,5-11H2,2-3H3. The second kappa shape index (κ2) is 9.75. The van der Waals surface area contributed by atoms with Gasteiger partial charge in [0.1, 0.15) is 0 Å². The predicted molar refractivity (Wildman–Crippen MR) is 67.3 cm³/mol. The van der Waals surface area contributed by atoms with Crippen molar-refractivity contribution in [3.05, 3.63) is 17.9 Å². The molecule has 0 atom stereocenters. The van der Waals surface area contributed by atoms with Crippen LogP contribution in [0.4, 0.5) is 0 Å². The molecule has 0 spiro atoms. The van der Waals surface area contributed by atoms with Crippen molar-refractivity contribution in [3.8, 4) is 0 Å². The predicted octanol–water partition coefficient (Wildman–Crippen LogP) is 3.89. The highest BCUT2D eigenvalue weighted by atomic mass is 16.5. The lowest BCUT2D eigenvalue weighted by atomic mass is 10.1. The molecule has 0 aromatic heterocycles. The van der Waals surface area contributed by atoms with Gasteiger partial charge >= 0.3 is 0 Å². The van der Waals surface area contributed by atoms with Crippen molar-refractivity contribution >= 4 is 6.21 Å². The fourth-order valence-corrected chi connectivity index (χ4v) is 1.39. The monoisotopic (exact) mass is 211 g/mol. The van der Waals surface area contributed by atoms with Gasteiger partial charge in [0, 0.05) is 6.42 Å². The molecule has 0 saturated heterocycles. The molecule has 0 aromatic carbocycles. The molecule has 0 radical (unpaired) electrons. The maximum absolute atomic E-state index is 11.2. The molecular weight excluding hydrogens is 186 g/mol. The third-order valence-corrected chi connectivity index (χ3v) is 2.43. The zero-order valence-corrected chi connectivity index (χ0v) is 10.2. The molecule has 0 aliphatic rings. The highest BCUT2D eigenvalue weighted by Crippen LogP contribution is 2.06. The lowest BCUT2D eigenvalue weighted by Crippen LogP contribution is -2.14. The third-order valence-electron chi connectivity index (χ3n) is 2.43. The Kier molecular flexibility index (Phi) is 9.24. The molecule has 0 heterocycles. The van der Waals surface area contributed by atoms with Gasteiger partial charge in [-0.15, -0.1) is 6.58 Å². The summed E-state index contributed by atoms with van der Waals surface area (Å²) in [7, 11) is 0. The first-order chi connectivity index (χ1) is 7.18. The van der Waals surface area contributed by atoms with Gasteiger partial charge in [0.25, 0.3) is 0 Å². The largest absolute Gasteiger partial charge is 0.624 e. The SMILES string of the molecule is C=CCCCCCCCC=[N+]([O-])C(C)C. The molecule has 0 aliphatic heterocycles. The average molecular weight is 211 g/mol. The van der Waals surface area contributed by atoms with Crippen LogP contribution in [-0.4, -0.2) is 17.0 Å². The van der Waals surface area contributed by atoms with Crippen LogP contribution in [0.15, 0.2) is 12.7 Å². The summed E-state index contributed by atoms with van der Waals surface area (Å²) in [4.78, 5) is 0. The maximum Gasteiger partial charge on any atom is 0.157 e. The van der Waals surface area contributed by atoms with Gasteiger partial charge in [-0.2, -0.15) is 0 Å². The van der Waals surface area contributed by atoms with Crippen LogP contribution in [0.2, 0.25) is 0 Å². The minimum Gasteiger partial charge on any atom is -0.624 e. The minimum absolute atomic E-state index is 0.0811. The second-order valence-electron chi connectivity index (χ2n) is 4.27. The molecule has 0 bridgehead atoms. The first-order valence-corrected chi connectivity index (χ1v) is 6.08. The number of allylic oxidation sites excluding steroid dienone is 1. The zero-order valence-electron chi connectivity index (χ0n) is 10.2. The van der Waals surface area contributed by atoms with E-state index in [1.807, 2.05) is 19.9 Å². The number of unbranched alkanes of at least 4 members (excludes halogenated alkanes) is 6. The molecule has 2 nitrogen and oxygen atoms in total. The summed E-state index contributed by atoms with van der Waals surface area (Å²) in [6.45, 7) is 7.53. The van der Waals surface area contributed by atoms with Gasteiger partial charge < -0.3 is 5.21 Å². The summed E-state index contributed by atoms with van der Waals surface area (Å²) in [5, 5.41) is 11.2. The van der Waals surface area contributed by atoms with Crippen LogP contribution in [-0.2, 0) is 0 Å². The Morgan fingerprint density at radius 2 is 1.60 bits per heavy atom. The van der Waals surface area contributed by atoms with E-state index in [2.05, 4.69) is 6.58 Å². The van der Waals surface area contributed by atoms with E-state index in [4.69, 9.17) is 0 Å². The van der Waals surface area contributed by atoms with E-state index in [-0.39, 0.29) is 6.04 Å². The highest BCUT2D eigenvalue weighted by Gasteiger charge is 1.98. The van der Waals surface area contributed by atoms with Crippen LogP contribution in [0.25, 0.3) is 0 Å². The zero-order chi connectivity index (χ0) is 11.5. The number of nitrogens with zero attached hydrogens (tertiary/aromatic N) is 1. The highest BCUT2D eigenvalue weighted by molar-refractivity contribution is 5.51.